The first-order chi connectivity index (χ1) is 10.7. The van der Waals surface area contributed by atoms with Crippen LogP contribution in [0.15, 0.2) is 17.2 Å². The smallest absolute Gasteiger partial charge is 0.261 e. The third kappa shape index (κ3) is 3.21. The number of rotatable bonds is 2. The molecule has 0 atom stereocenters. The third-order valence-corrected chi connectivity index (χ3v) is 3.61. The van der Waals surface area contributed by atoms with Crippen LogP contribution in [0.2, 0.25) is 5.15 Å². The Labute approximate surface area is 133 Å². The van der Waals surface area contributed by atoms with Gasteiger partial charge in [-0.15, -0.1) is 0 Å². The van der Waals surface area contributed by atoms with E-state index in [9.17, 15) is 4.79 Å². The van der Waals surface area contributed by atoms with Crippen LogP contribution in [0.5, 0.6) is 0 Å². The largest absolute Gasteiger partial charge is 0.400 e. The fraction of sp³-hybridized carbons (Fsp3) is 0.500. The first-order valence-electron chi connectivity index (χ1n) is 7.04. The molecule has 0 amide bonds. The SMILES string of the molecule is CCn1cnc2c(N3CCOCC3)nc(Cl)cc2c1=O.CO. The number of ether oxygens (including phenoxy) is 1. The van der Waals surface area contributed by atoms with E-state index in [2.05, 4.69) is 14.9 Å². The molecule has 0 radical (unpaired) electrons. The minimum absolute atomic E-state index is 0.0868. The summed E-state index contributed by atoms with van der Waals surface area (Å²) < 4.78 is 6.89. The zero-order chi connectivity index (χ0) is 16.1. The standard InChI is InChI=1S/C13H15ClN4O2.CH4O/c1-2-17-8-15-11-9(13(17)19)7-10(14)16-12(11)18-3-5-20-6-4-18;1-2/h7-8H,2-6H2,1H3;2H,1H3. The van der Waals surface area contributed by atoms with Crippen molar-refractivity contribution in [3.8, 4) is 0 Å². The number of hydrogen-bond donors (Lipinski definition) is 1. The van der Waals surface area contributed by atoms with Crippen LogP contribution in [0.25, 0.3) is 10.9 Å². The molecule has 0 bridgehead atoms. The highest BCUT2D eigenvalue weighted by Gasteiger charge is 2.18. The highest BCUT2D eigenvalue weighted by atomic mass is 35.5. The van der Waals surface area contributed by atoms with Crippen molar-refractivity contribution in [3.05, 3.63) is 27.9 Å². The second-order valence-electron chi connectivity index (χ2n) is 4.60. The van der Waals surface area contributed by atoms with E-state index in [0.717, 1.165) is 20.2 Å². The molecule has 0 aromatic carbocycles. The maximum Gasteiger partial charge on any atom is 0.261 e. The number of nitrogens with zero attached hydrogens (tertiary/aromatic N) is 4. The molecule has 120 valence electrons. The van der Waals surface area contributed by atoms with Crippen LogP contribution in [-0.4, -0.2) is 53.1 Å². The molecule has 22 heavy (non-hydrogen) atoms. The van der Waals surface area contributed by atoms with Gasteiger partial charge >= 0.3 is 0 Å². The normalized spacial score (nSPS) is 14.6. The van der Waals surface area contributed by atoms with Gasteiger partial charge < -0.3 is 14.7 Å². The first kappa shape index (κ1) is 16.7. The average Bonchev–Trinajstić information content (AvgIpc) is 2.58. The number of halogens is 1. The van der Waals surface area contributed by atoms with Gasteiger partial charge in [0.25, 0.3) is 5.56 Å². The van der Waals surface area contributed by atoms with E-state index in [1.807, 2.05) is 6.92 Å². The predicted molar refractivity (Wildman–Crippen MR) is 85.7 cm³/mol. The number of anilines is 1. The lowest BCUT2D eigenvalue weighted by atomic mass is 10.2. The number of morpholine rings is 1. The summed E-state index contributed by atoms with van der Waals surface area (Å²) in [6, 6.07) is 1.59. The second-order valence-corrected chi connectivity index (χ2v) is 4.99. The van der Waals surface area contributed by atoms with Crippen LogP contribution < -0.4 is 10.5 Å². The third-order valence-electron chi connectivity index (χ3n) is 3.41. The van der Waals surface area contributed by atoms with Gasteiger partial charge in [-0.3, -0.25) is 9.36 Å². The van der Waals surface area contributed by atoms with Crippen molar-refractivity contribution in [1.29, 1.82) is 0 Å². The van der Waals surface area contributed by atoms with E-state index >= 15 is 0 Å². The summed E-state index contributed by atoms with van der Waals surface area (Å²) in [6.07, 6.45) is 1.56. The summed E-state index contributed by atoms with van der Waals surface area (Å²) in [5, 5.41) is 7.82. The summed E-state index contributed by atoms with van der Waals surface area (Å²) in [7, 11) is 1.00. The number of aryl methyl sites for hydroxylation is 1. The second kappa shape index (κ2) is 7.53. The van der Waals surface area contributed by atoms with Crippen molar-refractivity contribution in [2.75, 3.05) is 38.3 Å². The molecule has 1 aliphatic heterocycles. The first-order valence-corrected chi connectivity index (χ1v) is 7.41. The average molecular weight is 327 g/mol. The van der Waals surface area contributed by atoms with Crippen molar-refractivity contribution in [2.24, 2.45) is 0 Å². The molecule has 3 rings (SSSR count). The zero-order valence-electron chi connectivity index (χ0n) is 12.6. The number of hydrogen-bond acceptors (Lipinski definition) is 6. The maximum atomic E-state index is 12.3. The summed E-state index contributed by atoms with van der Waals surface area (Å²) in [5.41, 5.74) is 0.516. The van der Waals surface area contributed by atoms with E-state index in [1.54, 1.807) is 17.0 Å². The van der Waals surface area contributed by atoms with Crippen LogP contribution in [0.1, 0.15) is 6.92 Å². The van der Waals surface area contributed by atoms with E-state index in [-0.39, 0.29) is 5.56 Å². The predicted octanol–water partition coefficient (Wildman–Crippen LogP) is 0.910. The van der Waals surface area contributed by atoms with Gasteiger partial charge in [0.2, 0.25) is 0 Å². The van der Waals surface area contributed by atoms with Gasteiger partial charge in [0.05, 0.1) is 24.9 Å². The van der Waals surface area contributed by atoms with E-state index in [4.69, 9.17) is 21.4 Å². The molecular weight excluding hydrogens is 308 g/mol. The monoisotopic (exact) mass is 326 g/mol. The Morgan fingerprint density at radius 3 is 2.68 bits per heavy atom. The van der Waals surface area contributed by atoms with Crippen LogP contribution in [-0.2, 0) is 11.3 Å². The Morgan fingerprint density at radius 2 is 2.05 bits per heavy atom. The number of pyridine rings is 1. The molecule has 2 aromatic rings. The molecule has 0 spiro atoms. The van der Waals surface area contributed by atoms with Gasteiger partial charge in [-0.25, -0.2) is 9.97 Å². The highest BCUT2D eigenvalue weighted by molar-refractivity contribution is 6.30. The number of aliphatic hydroxyl groups is 1. The molecule has 1 saturated heterocycles. The van der Waals surface area contributed by atoms with Gasteiger partial charge in [0, 0.05) is 26.7 Å². The minimum atomic E-state index is -0.0868. The zero-order valence-corrected chi connectivity index (χ0v) is 13.4. The lowest BCUT2D eigenvalue weighted by Crippen LogP contribution is -2.37. The van der Waals surface area contributed by atoms with E-state index in [1.165, 1.54) is 0 Å². The van der Waals surface area contributed by atoms with E-state index < -0.39 is 0 Å². The van der Waals surface area contributed by atoms with Gasteiger partial charge in [-0.05, 0) is 13.0 Å². The van der Waals surface area contributed by atoms with Crippen LogP contribution >= 0.6 is 11.6 Å². The fourth-order valence-electron chi connectivity index (χ4n) is 2.34. The van der Waals surface area contributed by atoms with Crippen LogP contribution in [0, 0.1) is 0 Å². The molecule has 0 aliphatic carbocycles. The Balaban J connectivity index is 0.000000847. The lowest BCUT2D eigenvalue weighted by Gasteiger charge is -2.28. The van der Waals surface area contributed by atoms with Crippen molar-refractivity contribution in [2.45, 2.75) is 13.5 Å². The molecule has 1 aliphatic rings. The lowest BCUT2D eigenvalue weighted by molar-refractivity contribution is 0.122. The van der Waals surface area contributed by atoms with Crippen molar-refractivity contribution in [3.63, 3.8) is 0 Å². The molecule has 3 heterocycles. The fourth-order valence-corrected chi connectivity index (χ4v) is 2.53. The molecule has 0 saturated carbocycles. The molecule has 2 aromatic heterocycles. The van der Waals surface area contributed by atoms with Gasteiger partial charge in [-0.2, -0.15) is 0 Å². The quantitative estimate of drug-likeness (QED) is 0.826. The Kier molecular flexibility index (Phi) is 5.70. The Morgan fingerprint density at radius 1 is 1.36 bits per heavy atom. The van der Waals surface area contributed by atoms with E-state index in [0.29, 0.717) is 41.6 Å². The number of aromatic nitrogens is 3. The minimum Gasteiger partial charge on any atom is -0.400 e. The van der Waals surface area contributed by atoms with Crippen molar-refractivity contribution >= 4 is 28.3 Å². The molecule has 8 heteroatoms. The topological polar surface area (TPSA) is 80.5 Å². The highest BCUT2D eigenvalue weighted by Crippen LogP contribution is 2.24. The summed E-state index contributed by atoms with van der Waals surface area (Å²) in [4.78, 5) is 23.1. The molecule has 7 nitrogen and oxygen atoms in total. The van der Waals surface area contributed by atoms with Crippen molar-refractivity contribution < 1.29 is 9.84 Å². The molecular formula is C14H19ClN4O3. The van der Waals surface area contributed by atoms with Gasteiger partial charge in [0.1, 0.15) is 10.7 Å². The summed E-state index contributed by atoms with van der Waals surface area (Å²) in [5.74, 6) is 0.663. The molecule has 1 fully saturated rings. The number of aliphatic hydroxyl groups excluding tert-OH is 1. The van der Waals surface area contributed by atoms with Gasteiger partial charge in [-0.1, -0.05) is 11.6 Å². The van der Waals surface area contributed by atoms with Crippen LogP contribution in [0.4, 0.5) is 5.82 Å². The van der Waals surface area contributed by atoms with Crippen LogP contribution in [0.3, 0.4) is 0 Å². The summed E-state index contributed by atoms with van der Waals surface area (Å²) >= 11 is 6.07. The Hall–Kier alpha value is -1.70. The summed E-state index contributed by atoms with van der Waals surface area (Å²) in [6.45, 7) is 5.21. The molecule has 1 N–H and O–H groups in total. The number of fused-ring (bicyclic) bond motifs is 1. The maximum absolute atomic E-state index is 12.3. The van der Waals surface area contributed by atoms with Crippen molar-refractivity contribution in [1.82, 2.24) is 14.5 Å². The molecule has 0 unspecified atom stereocenters. The Bertz CT molecular complexity index is 698. The van der Waals surface area contributed by atoms with Gasteiger partial charge in [0.15, 0.2) is 5.82 Å².